The highest BCUT2D eigenvalue weighted by Gasteiger charge is 2.21. The molecule has 3 N–H and O–H groups in total. The molecule has 1 atom stereocenters. The molecule has 0 saturated carbocycles. The van der Waals surface area contributed by atoms with E-state index in [1.165, 1.54) is 6.92 Å². The van der Waals surface area contributed by atoms with Gasteiger partial charge in [-0.1, -0.05) is 31.7 Å². The van der Waals surface area contributed by atoms with Crippen LogP contribution in [0.1, 0.15) is 37.6 Å². The summed E-state index contributed by atoms with van der Waals surface area (Å²) in [6.45, 7) is 6.82. The first kappa shape index (κ1) is 21.0. The van der Waals surface area contributed by atoms with Gasteiger partial charge in [0, 0.05) is 6.42 Å². The number of carbonyl (C=O) groups is 1. The van der Waals surface area contributed by atoms with E-state index in [0.29, 0.717) is 19.0 Å². The number of hydrogen-bond acceptors (Lipinski definition) is 8. The second-order valence-corrected chi connectivity index (χ2v) is 8.02. The van der Waals surface area contributed by atoms with Crippen molar-refractivity contribution >= 4 is 17.7 Å². The topological polar surface area (TPSA) is 121 Å². The first-order valence-electron chi connectivity index (χ1n) is 9.40. The highest BCUT2D eigenvalue weighted by Crippen LogP contribution is 2.34. The van der Waals surface area contributed by atoms with Crippen molar-refractivity contribution in [3.63, 3.8) is 0 Å². The number of rotatable bonds is 6. The van der Waals surface area contributed by atoms with Crippen molar-refractivity contribution in [2.75, 3.05) is 24.8 Å². The maximum absolute atomic E-state index is 12.5. The number of nitrogens with zero attached hydrogens (tertiary/aromatic N) is 3. The molecule has 3 rings (SSSR count). The van der Waals surface area contributed by atoms with E-state index >= 15 is 0 Å². The van der Waals surface area contributed by atoms with Crippen LogP contribution >= 0.6 is 11.8 Å². The zero-order valence-corrected chi connectivity index (χ0v) is 17.5. The van der Waals surface area contributed by atoms with Gasteiger partial charge in [-0.05, 0) is 30.5 Å². The molecule has 0 radical (unpaired) electrons. The number of nitrogens with two attached hydrogens (primary N) is 1. The number of aryl methyl sites for hydroxylation is 1. The van der Waals surface area contributed by atoms with Gasteiger partial charge in [-0.15, -0.1) is 10.2 Å². The largest absolute Gasteiger partial charge is 0.490 e. The lowest BCUT2D eigenvalue weighted by molar-refractivity contribution is -0.119. The predicted molar refractivity (Wildman–Crippen MR) is 110 cm³/mol. The second-order valence-electron chi connectivity index (χ2n) is 7.08. The van der Waals surface area contributed by atoms with E-state index in [9.17, 15) is 9.59 Å². The Hall–Kier alpha value is -2.75. The molecule has 0 fully saturated rings. The van der Waals surface area contributed by atoms with Gasteiger partial charge >= 0.3 is 0 Å². The van der Waals surface area contributed by atoms with Crippen LogP contribution in [0.3, 0.4) is 0 Å². The molecule has 9 nitrogen and oxygen atoms in total. The molecule has 0 spiro atoms. The molecule has 1 aromatic heterocycles. The Morgan fingerprint density at radius 1 is 1.28 bits per heavy atom. The first-order chi connectivity index (χ1) is 13.9. The summed E-state index contributed by atoms with van der Waals surface area (Å²) >= 11 is 1.06. The minimum Gasteiger partial charge on any atom is -0.490 e. The third-order valence-corrected chi connectivity index (χ3v) is 5.41. The minimum atomic E-state index is -0.435. The van der Waals surface area contributed by atoms with Crippen LogP contribution in [0.4, 0.5) is 0 Å². The van der Waals surface area contributed by atoms with Crippen LogP contribution in [-0.4, -0.2) is 39.7 Å². The van der Waals surface area contributed by atoms with Crippen LogP contribution in [0.25, 0.3) is 0 Å². The zero-order chi connectivity index (χ0) is 21.0. The number of aromatic nitrogens is 3. The standard InChI is InChI=1S/C19H25N5O4S/c1-11(2)17(13-5-6-14-15(9-13)28-8-4-7-27-14)21-16(25)10-29-19-23-22-12(3)18(26)24(19)20/h5-6,9,11,17H,4,7-8,10,20H2,1-3H3,(H,21,25)/t17-/m0/s1. The minimum absolute atomic E-state index is 0.0577. The Bertz CT molecular complexity index is 947. The summed E-state index contributed by atoms with van der Waals surface area (Å²) < 4.78 is 12.3. The smallest absolute Gasteiger partial charge is 0.294 e. The third kappa shape index (κ3) is 5.00. The van der Waals surface area contributed by atoms with Gasteiger partial charge in [0.25, 0.3) is 5.56 Å². The molecule has 2 heterocycles. The van der Waals surface area contributed by atoms with Gasteiger partial charge in [-0.25, -0.2) is 0 Å². The number of fused-ring (bicyclic) bond motifs is 1. The molecule has 156 valence electrons. The molecule has 0 unspecified atom stereocenters. The van der Waals surface area contributed by atoms with Gasteiger partial charge in [0.2, 0.25) is 11.1 Å². The van der Waals surface area contributed by atoms with Gasteiger partial charge in [0.1, 0.15) is 5.69 Å². The molecular formula is C19H25N5O4S. The van der Waals surface area contributed by atoms with Crippen LogP contribution in [0.15, 0.2) is 28.2 Å². The van der Waals surface area contributed by atoms with E-state index < -0.39 is 5.56 Å². The summed E-state index contributed by atoms with van der Waals surface area (Å²) in [6.07, 6.45) is 0.833. The molecular weight excluding hydrogens is 394 g/mol. The Morgan fingerprint density at radius 3 is 2.72 bits per heavy atom. The normalized spacial score (nSPS) is 14.3. The lowest BCUT2D eigenvalue weighted by Gasteiger charge is -2.24. The van der Waals surface area contributed by atoms with Crippen molar-refractivity contribution in [3.05, 3.63) is 39.8 Å². The molecule has 2 aromatic rings. The van der Waals surface area contributed by atoms with E-state index in [2.05, 4.69) is 15.5 Å². The zero-order valence-electron chi connectivity index (χ0n) is 16.7. The summed E-state index contributed by atoms with van der Waals surface area (Å²) in [6, 6.07) is 5.53. The SMILES string of the molecule is Cc1nnc(SCC(=O)N[C@H](c2ccc3c(c2)OCCCO3)C(C)C)n(N)c1=O. The summed E-state index contributed by atoms with van der Waals surface area (Å²) in [5.74, 6) is 7.13. The maximum Gasteiger partial charge on any atom is 0.294 e. The Kier molecular flexibility index (Phi) is 6.63. The molecule has 0 saturated heterocycles. The number of thioether (sulfide) groups is 1. The maximum atomic E-state index is 12.5. The number of nitrogen functional groups attached to an aromatic ring is 1. The van der Waals surface area contributed by atoms with Gasteiger partial charge in [-0.3, -0.25) is 9.59 Å². The molecule has 1 aliphatic heterocycles. The highest BCUT2D eigenvalue weighted by atomic mass is 32.2. The highest BCUT2D eigenvalue weighted by molar-refractivity contribution is 7.99. The molecule has 0 bridgehead atoms. The third-order valence-electron chi connectivity index (χ3n) is 4.47. The lowest BCUT2D eigenvalue weighted by Crippen LogP contribution is -2.34. The average molecular weight is 420 g/mol. The van der Waals surface area contributed by atoms with Crippen LogP contribution in [0.5, 0.6) is 11.5 Å². The van der Waals surface area contributed by atoms with E-state index in [0.717, 1.165) is 34.2 Å². The summed E-state index contributed by atoms with van der Waals surface area (Å²) in [7, 11) is 0. The van der Waals surface area contributed by atoms with Crippen molar-refractivity contribution in [1.82, 2.24) is 20.2 Å². The Morgan fingerprint density at radius 2 is 2.00 bits per heavy atom. The van der Waals surface area contributed by atoms with Crippen molar-refractivity contribution in [3.8, 4) is 11.5 Å². The number of nitrogens with one attached hydrogen (secondary N) is 1. The molecule has 1 aliphatic rings. The summed E-state index contributed by atoms with van der Waals surface area (Å²) in [4.78, 5) is 24.4. The number of ether oxygens (including phenoxy) is 2. The van der Waals surface area contributed by atoms with Crippen molar-refractivity contribution in [2.24, 2.45) is 5.92 Å². The van der Waals surface area contributed by atoms with Gasteiger partial charge in [0.05, 0.1) is 25.0 Å². The van der Waals surface area contributed by atoms with Crippen LogP contribution in [-0.2, 0) is 4.79 Å². The van der Waals surface area contributed by atoms with Crippen molar-refractivity contribution in [1.29, 1.82) is 0 Å². The lowest BCUT2D eigenvalue weighted by atomic mass is 9.95. The summed E-state index contributed by atoms with van der Waals surface area (Å²) in [5, 5.41) is 10.9. The van der Waals surface area contributed by atoms with Crippen LogP contribution < -0.4 is 26.2 Å². The Labute approximate surface area is 173 Å². The molecule has 1 amide bonds. The van der Waals surface area contributed by atoms with Gasteiger partial charge in [0.15, 0.2) is 11.5 Å². The fourth-order valence-corrected chi connectivity index (χ4v) is 3.59. The number of amides is 1. The number of hydrogen-bond donors (Lipinski definition) is 2. The van der Waals surface area contributed by atoms with Crippen molar-refractivity contribution in [2.45, 2.75) is 38.4 Å². The fraction of sp³-hybridized carbons (Fsp3) is 0.474. The van der Waals surface area contributed by atoms with Gasteiger partial charge in [-0.2, -0.15) is 4.68 Å². The van der Waals surface area contributed by atoms with E-state index in [-0.39, 0.29) is 34.5 Å². The second kappa shape index (κ2) is 9.17. The molecule has 0 aliphatic carbocycles. The van der Waals surface area contributed by atoms with Crippen LogP contribution in [0.2, 0.25) is 0 Å². The van der Waals surface area contributed by atoms with Crippen molar-refractivity contribution < 1.29 is 14.3 Å². The van der Waals surface area contributed by atoms with E-state index in [1.807, 2.05) is 32.0 Å². The molecule has 29 heavy (non-hydrogen) atoms. The quantitative estimate of drug-likeness (QED) is 0.533. The molecule has 1 aromatic carbocycles. The first-order valence-corrected chi connectivity index (χ1v) is 10.4. The predicted octanol–water partition coefficient (Wildman–Crippen LogP) is 1.43. The van der Waals surface area contributed by atoms with Gasteiger partial charge < -0.3 is 20.6 Å². The van der Waals surface area contributed by atoms with Crippen LogP contribution in [0, 0.1) is 12.8 Å². The Balaban J connectivity index is 1.69. The average Bonchev–Trinajstić information content (AvgIpc) is 2.94. The number of carbonyl (C=O) groups excluding carboxylic acids is 1. The summed E-state index contributed by atoms with van der Waals surface area (Å²) in [5.41, 5.74) is 0.708. The van der Waals surface area contributed by atoms with E-state index in [1.54, 1.807) is 0 Å². The number of benzene rings is 1. The fourth-order valence-electron chi connectivity index (χ4n) is 2.92. The molecule has 10 heteroatoms. The monoisotopic (exact) mass is 419 g/mol. The van der Waals surface area contributed by atoms with E-state index in [4.69, 9.17) is 15.3 Å².